The Balaban J connectivity index is 2.64. The molecule has 0 fully saturated rings. The molecule has 0 aliphatic heterocycles. The van der Waals surface area contributed by atoms with Gasteiger partial charge in [-0.3, -0.25) is 0 Å². The summed E-state index contributed by atoms with van der Waals surface area (Å²) in [6.07, 6.45) is 4.90. The van der Waals surface area contributed by atoms with Crippen molar-refractivity contribution >= 4 is 0 Å². The van der Waals surface area contributed by atoms with Gasteiger partial charge >= 0.3 is 0 Å². The first-order chi connectivity index (χ1) is 5.83. The summed E-state index contributed by atoms with van der Waals surface area (Å²) in [6, 6.07) is 10.4. The second kappa shape index (κ2) is 4.55. The van der Waals surface area contributed by atoms with E-state index in [1.165, 1.54) is 11.1 Å². The highest BCUT2D eigenvalue weighted by atomic mass is 14.0. The molecule has 0 saturated heterocycles. The van der Waals surface area contributed by atoms with Gasteiger partial charge in [0.05, 0.1) is 0 Å². The van der Waals surface area contributed by atoms with Gasteiger partial charge in [-0.1, -0.05) is 54.6 Å². The normalized spacial score (nSPS) is 11.2. The third-order valence-corrected chi connectivity index (χ3v) is 1.73. The molecule has 0 aromatic heterocycles. The quantitative estimate of drug-likeness (QED) is 0.592. The maximum atomic E-state index is 3.67. The topological polar surface area (TPSA) is 0 Å². The molecule has 0 atom stereocenters. The summed E-state index contributed by atoms with van der Waals surface area (Å²) in [5.74, 6) is 0. The second-order valence-corrected chi connectivity index (χ2v) is 2.91. The van der Waals surface area contributed by atoms with Gasteiger partial charge in [-0.2, -0.15) is 0 Å². The van der Waals surface area contributed by atoms with Crippen LogP contribution in [0.4, 0.5) is 0 Å². The monoisotopic (exact) mass is 158 g/mol. The zero-order valence-corrected chi connectivity index (χ0v) is 7.46. The Kier molecular flexibility index (Phi) is 3.34. The molecule has 0 aliphatic rings. The van der Waals surface area contributed by atoms with Gasteiger partial charge in [0.15, 0.2) is 0 Å². The van der Waals surface area contributed by atoms with Crippen LogP contribution in [0.2, 0.25) is 0 Å². The second-order valence-electron chi connectivity index (χ2n) is 2.91. The van der Waals surface area contributed by atoms with Crippen molar-refractivity contribution in [2.75, 3.05) is 0 Å². The van der Waals surface area contributed by atoms with Gasteiger partial charge in [0.2, 0.25) is 0 Å². The predicted molar refractivity (Wildman–Crippen MR) is 54.1 cm³/mol. The molecule has 0 amide bonds. The van der Waals surface area contributed by atoms with Crippen molar-refractivity contribution in [3.63, 3.8) is 0 Å². The maximum absolute atomic E-state index is 3.67. The van der Waals surface area contributed by atoms with Crippen LogP contribution in [0.25, 0.3) is 0 Å². The molecular weight excluding hydrogens is 144 g/mol. The van der Waals surface area contributed by atoms with E-state index in [9.17, 15) is 0 Å². The van der Waals surface area contributed by atoms with E-state index >= 15 is 0 Å². The van der Waals surface area contributed by atoms with Crippen LogP contribution in [0, 0.1) is 0 Å². The first-order valence-electron chi connectivity index (χ1n) is 4.15. The largest absolute Gasteiger partial charge is 0.0991 e. The summed E-state index contributed by atoms with van der Waals surface area (Å²) in [5.41, 5.74) is 2.70. The summed E-state index contributed by atoms with van der Waals surface area (Å²) < 4.78 is 0. The highest BCUT2D eigenvalue weighted by Crippen LogP contribution is 2.06. The summed E-state index contributed by atoms with van der Waals surface area (Å²) >= 11 is 0. The zero-order chi connectivity index (χ0) is 8.81. The average molecular weight is 158 g/mol. The summed E-state index contributed by atoms with van der Waals surface area (Å²) in [6.45, 7) is 5.79. The van der Waals surface area contributed by atoms with E-state index in [0.29, 0.717) is 0 Å². The molecule has 0 bridgehead atoms. The van der Waals surface area contributed by atoms with Crippen LogP contribution in [0.15, 0.2) is 54.6 Å². The van der Waals surface area contributed by atoms with Crippen LogP contribution in [-0.4, -0.2) is 0 Å². The Hall–Kier alpha value is -1.30. The molecule has 0 spiro atoms. The minimum Gasteiger partial charge on any atom is -0.0991 e. The van der Waals surface area contributed by atoms with E-state index < -0.39 is 0 Å². The van der Waals surface area contributed by atoms with Gasteiger partial charge in [-0.15, -0.1) is 0 Å². The molecule has 0 heterocycles. The predicted octanol–water partition coefficient (Wildman–Crippen LogP) is 3.36. The third kappa shape index (κ3) is 2.75. The number of allylic oxidation sites excluding steroid dienone is 3. The molecule has 0 aliphatic carbocycles. The molecule has 0 heteroatoms. The highest BCUT2D eigenvalue weighted by molar-refractivity contribution is 5.22. The Bertz CT molecular complexity index is 267. The molecule has 0 unspecified atom stereocenters. The maximum Gasteiger partial charge on any atom is -0.00668 e. The van der Waals surface area contributed by atoms with Crippen LogP contribution in [0.1, 0.15) is 12.5 Å². The molecular formula is C12H14. The summed E-state index contributed by atoms with van der Waals surface area (Å²) in [7, 11) is 0. The average Bonchev–Trinajstić information content (AvgIpc) is 2.06. The highest BCUT2D eigenvalue weighted by Gasteiger charge is 1.90. The van der Waals surface area contributed by atoms with Crippen molar-refractivity contribution in [1.82, 2.24) is 0 Å². The van der Waals surface area contributed by atoms with Crippen molar-refractivity contribution in [3.8, 4) is 0 Å². The van der Waals surface area contributed by atoms with Crippen molar-refractivity contribution in [2.45, 2.75) is 13.3 Å². The van der Waals surface area contributed by atoms with E-state index in [4.69, 9.17) is 0 Å². The Morgan fingerprint density at radius 3 is 2.58 bits per heavy atom. The van der Waals surface area contributed by atoms with Gasteiger partial charge in [0.25, 0.3) is 0 Å². The standard InChI is InChI=1S/C12H14/c1-3-7-11(2)10-12-8-5-4-6-9-12/h3-9H,1,10H2,2H3. The van der Waals surface area contributed by atoms with Crippen molar-refractivity contribution in [3.05, 3.63) is 60.2 Å². The fourth-order valence-electron chi connectivity index (χ4n) is 1.18. The number of benzene rings is 1. The van der Waals surface area contributed by atoms with Gasteiger partial charge in [0, 0.05) is 0 Å². The first kappa shape index (κ1) is 8.79. The SMILES string of the molecule is C=CC=C(C)Cc1ccccc1. The minimum atomic E-state index is 1.02. The number of hydrogen-bond donors (Lipinski definition) is 0. The van der Waals surface area contributed by atoms with E-state index in [-0.39, 0.29) is 0 Å². The minimum absolute atomic E-state index is 1.02. The molecule has 62 valence electrons. The number of hydrogen-bond acceptors (Lipinski definition) is 0. The van der Waals surface area contributed by atoms with Crippen LogP contribution in [-0.2, 0) is 6.42 Å². The lowest BCUT2D eigenvalue weighted by Gasteiger charge is -1.99. The molecule has 1 rings (SSSR count). The van der Waals surface area contributed by atoms with E-state index in [1.54, 1.807) is 0 Å². The Labute approximate surface area is 74.2 Å². The van der Waals surface area contributed by atoms with E-state index in [0.717, 1.165) is 6.42 Å². The van der Waals surface area contributed by atoms with Crippen molar-refractivity contribution < 1.29 is 0 Å². The van der Waals surface area contributed by atoms with Gasteiger partial charge < -0.3 is 0 Å². The smallest absolute Gasteiger partial charge is 0.00668 e. The van der Waals surface area contributed by atoms with Crippen LogP contribution in [0.3, 0.4) is 0 Å². The van der Waals surface area contributed by atoms with E-state index in [2.05, 4.69) is 37.8 Å². The number of rotatable bonds is 3. The lowest BCUT2D eigenvalue weighted by molar-refractivity contribution is 1.14. The summed E-state index contributed by atoms with van der Waals surface area (Å²) in [5, 5.41) is 0. The van der Waals surface area contributed by atoms with Gasteiger partial charge in [-0.25, -0.2) is 0 Å². The van der Waals surface area contributed by atoms with Gasteiger partial charge in [0.1, 0.15) is 0 Å². The van der Waals surface area contributed by atoms with Crippen LogP contribution >= 0.6 is 0 Å². The molecule has 0 radical (unpaired) electrons. The molecule has 0 saturated carbocycles. The first-order valence-corrected chi connectivity index (χ1v) is 4.15. The fraction of sp³-hybridized carbons (Fsp3) is 0.167. The fourth-order valence-corrected chi connectivity index (χ4v) is 1.18. The van der Waals surface area contributed by atoms with Crippen molar-refractivity contribution in [2.24, 2.45) is 0 Å². The zero-order valence-electron chi connectivity index (χ0n) is 7.46. The molecule has 1 aromatic carbocycles. The lowest BCUT2D eigenvalue weighted by atomic mass is 10.1. The van der Waals surface area contributed by atoms with E-state index in [1.807, 2.05) is 18.2 Å². The van der Waals surface area contributed by atoms with Gasteiger partial charge in [-0.05, 0) is 18.9 Å². The molecule has 0 nitrogen and oxygen atoms in total. The van der Waals surface area contributed by atoms with Crippen molar-refractivity contribution in [1.29, 1.82) is 0 Å². The Morgan fingerprint density at radius 2 is 2.00 bits per heavy atom. The molecule has 12 heavy (non-hydrogen) atoms. The molecule has 0 N–H and O–H groups in total. The Morgan fingerprint density at radius 1 is 1.33 bits per heavy atom. The van der Waals surface area contributed by atoms with Crippen LogP contribution in [0.5, 0.6) is 0 Å². The third-order valence-electron chi connectivity index (χ3n) is 1.73. The van der Waals surface area contributed by atoms with Crippen LogP contribution < -0.4 is 0 Å². The summed E-state index contributed by atoms with van der Waals surface area (Å²) in [4.78, 5) is 0. The lowest BCUT2D eigenvalue weighted by Crippen LogP contribution is -1.84. The molecule has 1 aromatic rings.